The van der Waals surface area contributed by atoms with Crippen molar-refractivity contribution < 1.29 is 19.4 Å². The third-order valence-corrected chi connectivity index (χ3v) is 2.61. The van der Waals surface area contributed by atoms with Gasteiger partial charge in [0.2, 0.25) is 5.91 Å². The van der Waals surface area contributed by atoms with Crippen LogP contribution in [0, 0.1) is 0 Å². The van der Waals surface area contributed by atoms with Gasteiger partial charge in [-0.1, -0.05) is 6.07 Å². The van der Waals surface area contributed by atoms with Crippen LogP contribution in [0.3, 0.4) is 0 Å². The molecule has 1 rings (SSSR count). The molecule has 0 saturated heterocycles. The molecule has 6 heteroatoms. The van der Waals surface area contributed by atoms with Crippen LogP contribution >= 0.6 is 0 Å². The molecule has 1 amide bonds. The molecule has 0 spiro atoms. The zero-order valence-corrected chi connectivity index (χ0v) is 11.8. The van der Waals surface area contributed by atoms with Crippen molar-refractivity contribution in [2.24, 2.45) is 0 Å². The van der Waals surface area contributed by atoms with E-state index in [1.54, 1.807) is 12.1 Å². The number of carboxylic acid groups (broad SMARTS) is 1. The van der Waals surface area contributed by atoms with Gasteiger partial charge in [-0.25, -0.2) is 4.79 Å². The smallest absolute Gasteiger partial charge is 0.335 e. The number of carboxylic acids is 1. The molecule has 0 aromatic heterocycles. The van der Waals surface area contributed by atoms with Crippen molar-refractivity contribution in [1.82, 2.24) is 10.2 Å². The Morgan fingerprint density at radius 2 is 2.15 bits per heavy atom. The molecule has 0 aliphatic heterocycles. The van der Waals surface area contributed by atoms with Crippen LogP contribution in [0.1, 0.15) is 17.3 Å². The van der Waals surface area contributed by atoms with Gasteiger partial charge in [0, 0.05) is 13.1 Å². The summed E-state index contributed by atoms with van der Waals surface area (Å²) < 4.78 is 5.47. The fourth-order valence-electron chi connectivity index (χ4n) is 1.62. The number of hydrogen-bond acceptors (Lipinski definition) is 4. The molecular formula is C14H20N2O4. The molecule has 0 fully saturated rings. The number of amides is 1. The first-order valence-electron chi connectivity index (χ1n) is 6.44. The van der Waals surface area contributed by atoms with Gasteiger partial charge in [0.05, 0.1) is 12.1 Å². The van der Waals surface area contributed by atoms with Crippen molar-refractivity contribution >= 4 is 11.9 Å². The zero-order valence-electron chi connectivity index (χ0n) is 11.8. The van der Waals surface area contributed by atoms with Crippen molar-refractivity contribution in [3.05, 3.63) is 29.8 Å². The lowest BCUT2D eigenvalue weighted by molar-refractivity contribution is -0.121. The summed E-state index contributed by atoms with van der Waals surface area (Å²) in [6.45, 7) is 3.77. The van der Waals surface area contributed by atoms with Crippen molar-refractivity contribution in [1.29, 1.82) is 0 Å². The van der Waals surface area contributed by atoms with E-state index in [-0.39, 0.29) is 11.5 Å². The number of carbonyl (C=O) groups excluding carboxylic acids is 1. The SMILES string of the molecule is CCNC(=O)CN(C)CCOc1cccc(C(=O)O)c1. The van der Waals surface area contributed by atoms with Gasteiger partial charge in [-0.15, -0.1) is 0 Å². The summed E-state index contributed by atoms with van der Waals surface area (Å²) in [7, 11) is 1.83. The van der Waals surface area contributed by atoms with Crippen molar-refractivity contribution in [3.8, 4) is 5.75 Å². The molecule has 20 heavy (non-hydrogen) atoms. The highest BCUT2D eigenvalue weighted by Gasteiger charge is 2.06. The second-order valence-corrected chi connectivity index (χ2v) is 4.37. The fourth-order valence-corrected chi connectivity index (χ4v) is 1.62. The van der Waals surface area contributed by atoms with Crippen molar-refractivity contribution in [3.63, 3.8) is 0 Å². The average Bonchev–Trinajstić information content (AvgIpc) is 2.39. The van der Waals surface area contributed by atoms with E-state index < -0.39 is 5.97 Å². The lowest BCUT2D eigenvalue weighted by atomic mass is 10.2. The Morgan fingerprint density at radius 1 is 1.40 bits per heavy atom. The second-order valence-electron chi connectivity index (χ2n) is 4.37. The number of carbonyl (C=O) groups is 2. The molecule has 0 heterocycles. The van der Waals surface area contributed by atoms with E-state index in [2.05, 4.69) is 5.32 Å². The summed E-state index contributed by atoms with van der Waals surface area (Å²) in [6.07, 6.45) is 0. The van der Waals surface area contributed by atoms with E-state index in [1.807, 2.05) is 18.9 Å². The minimum atomic E-state index is -0.983. The van der Waals surface area contributed by atoms with Crippen molar-refractivity contribution in [2.75, 3.05) is 33.3 Å². The molecule has 0 radical (unpaired) electrons. The average molecular weight is 280 g/mol. The number of nitrogens with zero attached hydrogens (tertiary/aromatic N) is 1. The molecule has 110 valence electrons. The van der Waals surface area contributed by atoms with Gasteiger partial charge in [0.1, 0.15) is 12.4 Å². The monoisotopic (exact) mass is 280 g/mol. The fraction of sp³-hybridized carbons (Fsp3) is 0.429. The van der Waals surface area contributed by atoms with Gasteiger partial charge in [-0.05, 0) is 32.2 Å². The maximum atomic E-state index is 11.3. The standard InChI is InChI=1S/C14H20N2O4/c1-3-15-13(17)10-16(2)7-8-20-12-6-4-5-11(9-12)14(18)19/h4-6,9H,3,7-8,10H2,1-2H3,(H,15,17)(H,18,19). The maximum absolute atomic E-state index is 11.3. The zero-order chi connectivity index (χ0) is 15.0. The summed E-state index contributed by atoms with van der Waals surface area (Å²) in [5, 5.41) is 11.6. The van der Waals surface area contributed by atoms with E-state index in [4.69, 9.17) is 9.84 Å². The molecule has 0 atom stereocenters. The van der Waals surface area contributed by atoms with Crippen LogP contribution in [-0.4, -0.2) is 55.2 Å². The summed E-state index contributed by atoms with van der Waals surface area (Å²) in [6, 6.07) is 6.33. The van der Waals surface area contributed by atoms with Crippen LogP contribution in [0.2, 0.25) is 0 Å². The Kier molecular flexibility index (Phi) is 6.52. The van der Waals surface area contributed by atoms with E-state index in [0.29, 0.717) is 32.0 Å². The van der Waals surface area contributed by atoms with Gasteiger partial charge in [-0.2, -0.15) is 0 Å². The van der Waals surface area contributed by atoms with Gasteiger partial charge in [0.15, 0.2) is 0 Å². The molecule has 0 unspecified atom stereocenters. The van der Waals surface area contributed by atoms with Crippen LogP contribution < -0.4 is 10.1 Å². The molecule has 0 saturated carbocycles. The van der Waals surface area contributed by atoms with Gasteiger partial charge in [0.25, 0.3) is 0 Å². The van der Waals surface area contributed by atoms with Crippen LogP contribution in [0.15, 0.2) is 24.3 Å². The highest BCUT2D eigenvalue weighted by Crippen LogP contribution is 2.13. The normalized spacial score (nSPS) is 10.3. The predicted octanol–water partition coefficient (Wildman–Crippen LogP) is 0.832. The largest absolute Gasteiger partial charge is 0.492 e. The predicted molar refractivity (Wildman–Crippen MR) is 75.1 cm³/mol. The molecule has 0 aliphatic rings. The molecule has 0 aliphatic carbocycles. The molecular weight excluding hydrogens is 260 g/mol. The second kappa shape index (κ2) is 8.16. The van der Waals surface area contributed by atoms with E-state index in [0.717, 1.165) is 0 Å². The van der Waals surface area contributed by atoms with E-state index in [1.165, 1.54) is 12.1 Å². The van der Waals surface area contributed by atoms with Crippen LogP contribution in [0.4, 0.5) is 0 Å². The Hall–Kier alpha value is -2.08. The summed E-state index contributed by atoms with van der Waals surface area (Å²) >= 11 is 0. The molecule has 1 aromatic rings. The summed E-state index contributed by atoms with van der Waals surface area (Å²) in [5.41, 5.74) is 0.193. The highest BCUT2D eigenvalue weighted by atomic mass is 16.5. The first-order valence-corrected chi connectivity index (χ1v) is 6.44. The minimum absolute atomic E-state index is 0.0251. The lowest BCUT2D eigenvalue weighted by Crippen LogP contribution is -2.36. The maximum Gasteiger partial charge on any atom is 0.335 e. The molecule has 0 bridgehead atoms. The van der Waals surface area contributed by atoms with Crippen LogP contribution in [0.25, 0.3) is 0 Å². The number of likely N-dealkylation sites (N-methyl/N-ethyl adjacent to an activating group) is 2. The van der Waals surface area contributed by atoms with E-state index in [9.17, 15) is 9.59 Å². The Bertz CT molecular complexity index is 462. The van der Waals surface area contributed by atoms with E-state index >= 15 is 0 Å². The quantitative estimate of drug-likeness (QED) is 0.737. The van der Waals surface area contributed by atoms with Crippen LogP contribution in [-0.2, 0) is 4.79 Å². The lowest BCUT2D eigenvalue weighted by Gasteiger charge is -2.16. The number of nitrogens with one attached hydrogen (secondary N) is 1. The minimum Gasteiger partial charge on any atom is -0.492 e. The molecule has 6 nitrogen and oxygen atoms in total. The number of aromatic carboxylic acids is 1. The molecule has 1 aromatic carbocycles. The summed E-state index contributed by atoms with van der Waals surface area (Å²) in [5.74, 6) is -0.497. The Balaban J connectivity index is 2.35. The number of benzene rings is 1. The topological polar surface area (TPSA) is 78.9 Å². The van der Waals surface area contributed by atoms with Gasteiger partial charge >= 0.3 is 5.97 Å². The highest BCUT2D eigenvalue weighted by molar-refractivity contribution is 5.88. The van der Waals surface area contributed by atoms with Gasteiger partial charge < -0.3 is 15.2 Å². The first-order chi connectivity index (χ1) is 9.52. The Morgan fingerprint density at radius 3 is 2.80 bits per heavy atom. The summed E-state index contributed by atoms with van der Waals surface area (Å²) in [4.78, 5) is 24.0. The molecule has 2 N–H and O–H groups in total. The number of rotatable bonds is 8. The Labute approximate surface area is 118 Å². The number of hydrogen-bond donors (Lipinski definition) is 2. The third kappa shape index (κ3) is 5.71. The number of ether oxygens (including phenoxy) is 1. The van der Waals surface area contributed by atoms with Gasteiger partial charge in [-0.3, -0.25) is 9.69 Å². The van der Waals surface area contributed by atoms with Crippen molar-refractivity contribution in [2.45, 2.75) is 6.92 Å². The van der Waals surface area contributed by atoms with Crippen LogP contribution in [0.5, 0.6) is 5.75 Å². The third-order valence-electron chi connectivity index (χ3n) is 2.61. The first kappa shape index (κ1) is 16.0.